The molecule has 4 amide bonds. The van der Waals surface area contributed by atoms with E-state index in [1.807, 2.05) is 61.5 Å². The van der Waals surface area contributed by atoms with Gasteiger partial charge in [0, 0.05) is 5.69 Å². The van der Waals surface area contributed by atoms with Crippen molar-refractivity contribution >= 4 is 23.5 Å². The van der Waals surface area contributed by atoms with Gasteiger partial charge in [-0.15, -0.1) is 0 Å². The van der Waals surface area contributed by atoms with E-state index in [-0.39, 0.29) is 18.4 Å². The lowest BCUT2D eigenvalue weighted by atomic mass is 9.82. The van der Waals surface area contributed by atoms with Crippen molar-refractivity contribution in [1.29, 1.82) is 0 Å². The normalized spacial score (nSPS) is 17.8. The number of nitrogens with one attached hydrogen (secondary N) is 1. The molecule has 1 aliphatic heterocycles. The molecule has 1 saturated carbocycles. The van der Waals surface area contributed by atoms with Gasteiger partial charge in [0.2, 0.25) is 5.91 Å². The second kappa shape index (κ2) is 8.30. The van der Waals surface area contributed by atoms with Crippen molar-refractivity contribution < 1.29 is 14.4 Å². The fourth-order valence-electron chi connectivity index (χ4n) is 4.42. The topological polar surface area (TPSA) is 69.7 Å². The van der Waals surface area contributed by atoms with Gasteiger partial charge < -0.3 is 10.2 Å². The van der Waals surface area contributed by atoms with Crippen LogP contribution in [0, 0.1) is 6.92 Å². The molecule has 0 unspecified atom stereocenters. The zero-order chi connectivity index (χ0) is 21.1. The van der Waals surface area contributed by atoms with E-state index in [0.717, 1.165) is 41.0 Å². The zero-order valence-electron chi connectivity index (χ0n) is 17.3. The number of imide groups is 1. The predicted molar refractivity (Wildman–Crippen MR) is 115 cm³/mol. The molecule has 2 fully saturated rings. The number of urea groups is 1. The van der Waals surface area contributed by atoms with Gasteiger partial charge in [0.1, 0.15) is 12.1 Å². The maximum atomic E-state index is 13.3. The Morgan fingerprint density at radius 2 is 1.77 bits per heavy atom. The quantitative estimate of drug-likeness (QED) is 0.770. The fourth-order valence-corrected chi connectivity index (χ4v) is 4.42. The van der Waals surface area contributed by atoms with Gasteiger partial charge in [0.25, 0.3) is 5.91 Å². The zero-order valence-corrected chi connectivity index (χ0v) is 17.3. The highest BCUT2D eigenvalue weighted by atomic mass is 16.2. The van der Waals surface area contributed by atoms with Gasteiger partial charge in [-0.2, -0.15) is 0 Å². The molecule has 1 aliphatic carbocycles. The highest BCUT2D eigenvalue weighted by Gasteiger charge is 2.51. The number of benzene rings is 2. The predicted octanol–water partition coefficient (Wildman–Crippen LogP) is 3.78. The molecule has 1 saturated heterocycles. The Labute approximate surface area is 176 Å². The summed E-state index contributed by atoms with van der Waals surface area (Å²) in [5.41, 5.74) is 1.95. The van der Waals surface area contributed by atoms with Gasteiger partial charge in [-0.05, 0) is 43.0 Å². The molecule has 6 heteroatoms. The van der Waals surface area contributed by atoms with Crippen LogP contribution in [0.15, 0.2) is 54.6 Å². The van der Waals surface area contributed by atoms with Crippen LogP contribution < -0.4 is 10.2 Å². The summed E-state index contributed by atoms with van der Waals surface area (Å²) in [5.74, 6) is -0.537. The third-order valence-corrected chi connectivity index (χ3v) is 6.04. The lowest BCUT2D eigenvalue weighted by molar-refractivity contribution is -0.135. The van der Waals surface area contributed by atoms with Crippen LogP contribution in [0.5, 0.6) is 0 Å². The fraction of sp³-hybridized carbons (Fsp3) is 0.375. The first kappa shape index (κ1) is 20.1. The van der Waals surface area contributed by atoms with Gasteiger partial charge in [0.15, 0.2) is 0 Å². The smallest absolute Gasteiger partial charge is 0.323 e. The van der Waals surface area contributed by atoms with Crippen LogP contribution in [0.25, 0.3) is 0 Å². The molecule has 156 valence electrons. The number of hydrogen-bond donors (Lipinski definition) is 1. The van der Waals surface area contributed by atoms with E-state index in [9.17, 15) is 14.4 Å². The van der Waals surface area contributed by atoms with Crippen molar-refractivity contribution in [3.8, 4) is 0 Å². The molecule has 0 bridgehead atoms. The first-order valence-electron chi connectivity index (χ1n) is 10.5. The van der Waals surface area contributed by atoms with E-state index in [4.69, 9.17) is 0 Å². The Morgan fingerprint density at radius 3 is 2.47 bits per heavy atom. The monoisotopic (exact) mass is 405 g/mol. The molecule has 2 aromatic carbocycles. The van der Waals surface area contributed by atoms with Crippen molar-refractivity contribution in [3.05, 3.63) is 65.7 Å². The minimum atomic E-state index is -0.816. The minimum Gasteiger partial charge on any atom is -0.323 e. The largest absolute Gasteiger partial charge is 0.325 e. The highest BCUT2D eigenvalue weighted by molar-refractivity contribution is 6.10. The first-order chi connectivity index (χ1) is 14.5. The maximum absolute atomic E-state index is 13.3. The average molecular weight is 405 g/mol. The Bertz CT molecular complexity index is 951. The van der Waals surface area contributed by atoms with Crippen molar-refractivity contribution in [2.45, 2.75) is 51.1 Å². The summed E-state index contributed by atoms with van der Waals surface area (Å²) in [4.78, 5) is 41.7. The number of aryl methyl sites for hydroxylation is 1. The van der Waals surface area contributed by atoms with Gasteiger partial charge in [0.05, 0.1) is 6.54 Å². The van der Waals surface area contributed by atoms with Crippen molar-refractivity contribution in [2.75, 3.05) is 11.4 Å². The van der Waals surface area contributed by atoms with E-state index < -0.39 is 11.6 Å². The average Bonchev–Trinajstić information content (AvgIpc) is 2.97. The van der Waals surface area contributed by atoms with Gasteiger partial charge in [-0.25, -0.2) is 4.79 Å². The van der Waals surface area contributed by atoms with Crippen LogP contribution in [0.1, 0.15) is 43.2 Å². The number of carbonyl (C=O) groups is 3. The summed E-state index contributed by atoms with van der Waals surface area (Å²) >= 11 is 0. The third-order valence-electron chi connectivity index (χ3n) is 6.04. The van der Waals surface area contributed by atoms with Crippen molar-refractivity contribution in [2.24, 2.45) is 0 Å². The summed E-state index contributed by atoms with van der Waals surface area (Å²) in [6, 6.07) is 16.9. The summed E-state index contributed by atoms with van der Waals surface area (Å²) in [5, 5.41) is 2.88. The summed E-state index contributed by atoms with van der Waals surface area (Å²) in [6.45, 7) is 2.09. The molecular weight excluding hydrogens is 378 g/mol. The molecule has 0 atom stereocenters. The maximum Gasteiger partial charge on any atom is 0.325 e. The number of rotatable bonds is 5. The summed E-state index contributed by atoms with van der Waals surface area (Å²) < 4.78 is 0. The van der Waals surface area contributed by atoms with Crippen LogP contribution in [0.4, 0.5) is 10.5 Å². The molecule has 1 N–H and O–H groups in total. The van der Waals surface area contributed by atoms with Crippen LogP contribution in [0.2, 0.25) is 0 Å². The molecule has 30 heavy (non-hydrogen) atoms. The number of hydrogen-bond acceptors (Lipinski definition) is 3. The Balaban J connectivity index is 1.57. The molecule has 0 aromatic heterocycles. The molecule has 0 radical (unpaired) electrons. The molecule has 2 aromatic rings. The van der Waals surface area contributed by atoms with Crippen LogP contribution >= 0.6 is 0 Å². The van der Waals surface area contributed by atoms with Crippen molar-refractivity contribution in [3.63, 3.8) is 0 Å². The van der Waals surface area contributed by atoms with Crippen LogP contribution in [-0.4, -0.2) is 34.8 Å². The first-order valence-corrected chi connectivity index (χ1v) is 10.5. The lowest BCUT2D eigenvalue weighted by Crippen LogP contribution is -2.49. The second-order valence-electron chi connectivity index (χ2n) is 8.27. The summed E-state index contributed by atoms with van der Waals surface area (Å²) in [7, 11) is 0. The number of amides is 4. The molecule has 1 heterocycles. The molecular formula is C24H27N3O3. The van der Waals surface area contributed by atoms with E-state index >= 15 is 0 Å². The minimum absolute atomic E-state index is 0.257. The van der Waals surface area contributed by atoms with E-state index in [1.165, 1.54) is 0 Å². The van der Waals surface area contributed by atoms with E-state index in [0.29, 0.717) is 19.4 Å². The van der Waals surface area contributed by atoms with E-state index in [2.05, 4.69) is 5.32 Å². The van der Waals surface area contributed by atoms with Gasteiger partial charge in [-0.1, -0.05) is 61.7 Å². The molecule has 1 spiro atoms. The van der Waals surface area contributed by atoms with Gasteiger partial charge in [-0.3, -0.25) is 14.5 Å². The molecule has 2 aliphatic rings. The highest BCUT2D eigenvalue weighted by Crippen LogP contribution is 2.33. The van der Waals surface area contributed by atoms with Crippen LogP contribution in [0.3, 0.4) is 0 Å². The Kier molecular flexibility index (Phi) is 5.57. The Morgan fingerprint density at radius 1 is 1.03 bits per heavy atom. The number of anilines is 1. The third kappa shape index (κ3) is 3.95. The van der Waals surface area contributed by atoms with Crippen LogP contribution in [-0.2, 0) is 16.1 Å². The summed E-state index contributed by atoms with van der Waals surface area (Å²) in [6.07, 6.45) is 4.19. The Hall–Kier alpha value is -3.15. The number of carbonyl (C=O) groups excluding carboxylic acids is 3. The standard InChI is InChI=1S/C24H27N3O3/c1-18-9-8-12-20(15-18)26(16-19-10-4-2-5-11-19)21(28)17-27-22(29)24(25-23(27)30)13-6-3-7-14-24/h2,4-5,8-12,15H,3,6-7,13-14,16-17H2,1H3,(H,25,30). The second-order valence-corrected chi connectivity index (χ2v) is 8.27. The van der Waals surface area contributed by atoms with Gasteiger partial charge >= 0.3 is 6.03 Å². The molecule has 6 nitrogen and oxygen atoms in total. The van der Waals surface area contributed by atoms with Crippen molar-refractivity contribution in [1.82, 2.24) is 10.2 Å². The lowest BCUT2D eigenvalue weighted by Gasteiger charge is -2.30. The number of nitrogens with zero attached hydrogens (tertiary/aromatic N) is 2. The van der Waals surface area contributed by atoms with E-state index in [1.54, 1.807) is 4.90 Å². The molecule has 4 rings (SSSR count). The SMILES string of the molecule is Cc1cccc(N(Cc2ccccc2)C(=O)CN2C(=O)NC3(CCCCC3)C2=O)c1.